The van der Waals surface area contributed by atoms with Crippen LogP contribution in [0.3, 0.4) is 0 Å². The van der Waals surface area contributed by atoms with Crippen molar-refractivity contribution in [2.45, 2.75) is 30.2 Å². The van der Waals surface area contributed by atoms with E-state index in [0.29, 0.717) is 25.2 Å². The lowest BCUT2D eigenvalue weighted by Crippen LogP contribution is -2.52. The molecule has 186 valence electrons. The zero-order valence-electron chi connectivity index (χ0n) is 20.2. The number of carbonyl (C=O) groups is 2. The standard InChI is InChI=1S/C28H29N3O4S/c1-36(34,35)25-12-9-21(10-13-25)27(32)30-16-5-8-24(19-30)29-28(33)31-17-15-23-18-22(11-14-26(23)31)20-6-3-2-4-7-20/h2-4,6-7,9-14,18,24H,5,8,15-17,19H2,1H3,(H,29,33). The normalized spacial score (nSPS) is 17.5. The number of carbonyl (C=O) groups excluding carboxylic acids is 2. The Labute approximate surface area is 211 Å². The van der Waals surface area contributed by atoms with Crippen molar-refractivity contribution >= 4 is 27.5 Å². The molecular formula is C28H29N3O4S. The third kappa shape index (κ3) is 4.99. The van der Waals surface area contributed by atoms with E-state index in [2.05, 4.69) is 29.6 Å². The van der Waals surface area contributed by atoms with Gasteiger partial charge in [0.25, 0.3) is 5.91 Å². The lowest BCUT2D eigenvalue weighted by molar-refractivity contribution is 0.0698. The van der Waals surface area contributed by atoms with Crippen LogP contribution in [-0.4, -0.2) is 57.2 Å². The van der Waals surface area contributed by atoms with Crippen molar-refractivity contribution in [3.8, 4) is 11.1 Å². The summed E-state index contributed by atoms with van der Waals surface area (Å²) in [5, 5.41) is 3.13. The van der Waals surface area contributed by atoms with E-state index in [4.69, 9.17) is 0 Å². The Morgan fingerprint density at radius 1 is 0.917 bits per heavy atom. The van der Waals surface area contributed by atoms with Crippen LogP contribution < -0.4 is 10.2 Å². The highest BCUT2D eigenvalue weighted by Gasteiger charge is 2.30. The Balaban J connectivity index is 1.23. The molecule has 0 radical (unpaired) electrons. The first-order valence-electron chi connectivity index (χ1n) is 12.2. The third-order valence-corrected chi connectivity index (χ3v) is 8.02. The summed E-state index contributed by atoms with van der Waals surface area (Å²) in [5.74, 6) is -0.158. The van der Waals surface area contributed by atoms with Crippen molar-refractivity contribution in [1.29, 1.82) is 0 Å². The Kier molecular flexibility index (Phi) is 6.53. The lowest BCUT2D eigenvalue weighted by atomic mass is 10.0. The van der Waals surface area contributed by atoms with Crippen LogP contribution in [0.1, 0.15) is 28.8 Å². The van der Waals surface area contributed by atoms with Gasteiger partial charge in [-0.2, -0.15) is 0 Å². The van der Waals surface area contributed by atoms with E-state index in [0.717, 1.165) is 47.9 Å². The molecule has 3 aromatic rings. The van der Waals surface area contributed by atoms with E-state index >= 15 is 0 Å². The number of urea groups is 1. The van der Waals surface area contributed by atoms with E-state index in [1.165, 1.54) is 12.1 Å². The Morgan fingerprint density at radius 2 is 1.67 bits per heavy atom. The number of fused-ring (bicyclic) bond motifs is 1. The molecule has 1 atom stereocenters. The molecule has 0 saturated carbocycles. The summed E-state index contributed by atoms with van der Waals surface area (Å²) in [5.41, 5.74) is 4.83. The largest absolute Gasteiger partial charge is 0.337 e. The number of hydrogen-bond donors (Lipinski definition) is 1. The van der Waals surface area contributed by atoms with E-state index in [1.807, 2.05) is 24.3 Å². The van der Waals surface area contributed by atoms with Gasteiger partial charge in [-0.05, 0) is 72.4 Å². The van der Waals surface area contributed by atoms with Crippen molar-refractivity contribution in [3.63, 3.8) is 0 Å². The molecule has 0 spiro atoms. The topological polar surface area (TPSA) is 86.8 Å². The zero-order chi connectivity index (χ0) is 25.3. The summed E-state index contributed by atoms with van der Waals surface area (Å²) < 4.78 is 23.4. The number of benzene rings is 3. The van der Waals surface area contributed by atoms with Gasteiger partial charge in [0.05, 0.1) is 4.90 Å². The Morgan fingerprint density at radius 3 is 2.39 bits per heavy atom. The van der Waals surface area contributed by atoms with Gasteiger partial charge in [0.1, 0.15) is 0 Å². The number of amides is 3. The molecule has 5 rings (SSSR count). The van der Waals surface area contributed by atoms with E-state index < -0.39 is 9.84 Å². The van der Waals surface area contributed by atoms with Gasteiger partial charge in [-0.15, -0.1) is 0 Å². The second-order valence-corrected chi connectivity index (χ2v) is 11.5. The predicted octanol–water partition coefficient (Wildman–Crippen LogP) is 4.13. The molecule has 0 aromatic heterocycles. The summed E-state index contributed by atoms with van der Waals surface area (Å²) in [6.45, 7) is 1.65. The van der Waals surface area contributed by atoms with Crippen LogP contribution in [0.2, 0.25) is 0 Å². The van der Waals surface area contributed by atoms with Crippen LogP contribution in [0.15, 0.2) is 77.7 Å². The van der Waals surface area contributed by atoms with Gasteiger partial charge < -0.3 is 10.2 Å². The van der Waals surface area contributed by atoms with Gasteiger partial charge in [0, 0.05) is 43.2 Å². The van der Waals surface area contributed by atoms with Crippen molar-refractivity contribution in [3.05, 3.63) is 83.9 Å². The van der Waals surface area contributed by atoms with Gasteiger partial charge in [0.15, 0.2) is 9.84 Å². The molecule has 1 fully saturated rings. The molecule has 7 nitrogen and oxygen atoms in total. The van der Waals surface area contributed by atoms with Gasteiger partial charge in [-0.1, -0.05) is 36.4 Å². The second-order valence-electron chi connectivity index (χ2n) is 9.45. The fourth-order valence-electron chi connectivity index (χ4n) is 4.98. The molecule has 8 heteroatoms. The summed E-state index contributed by atoms with van der Waals surface area (Å²) in [4.78, 5) is 29.9. The first-order valence-corrected chi connectivity index (χ1v) is 14.0. The number of nitrogens with zero attached hydrogens (tertiary/aromatic N) is 2. The highest BCUT2D eigenvalue weighted by atomic mass is 32.2. The number of sulfone groups is 1. The molecule has 0 aliphatic carbocycles. The van der Waals surface area contributed by atoms with Crippen molar-refractivity contribution in [2.24, 2.45) is 0 Å². The maximum atomic E-state index is 13.2. The predicted molar refractivity (Wildman–Crippen MR) is 140 cm³/mol. The van der Waals surface area contributed by atoms with Gasteiger partial charge >= 0.3 is 6.03 Å². The molecule has 1 unspecified atom stereocenters. The van der Waals surface area contributed by atoms with Crippen LogP contribution >= 0.6 is 0 Å². The number of hydrogen-bond acceptors (Lipinski definition) is 4. The van der Waals surface area contributed by atoms with Crippen LogP contribution in [-0.2, 0) is 16.3 Å². The number of rotatable bonds is 4. The minimum Gasteiger partial charge on any atom is -0.337 e. The molecule has 3 amide bonds. The Hall–Kier alpha value is -3.65. The summed E-state index contributed by atoms with van der Waals surface area (Å²) in [6, 6.07) is 22.2. The monoisotopic (exact) mass is 503 g/mol. The molecule has 36 heavy (non-hydrogen) atoms. The van der Waals surface area contributed by atoms with E-state index in [9.17, 15) is 18.0 Å². The highest BCUT2D eigenvalue weighted by Crippen LogP contribution is 2.32. The molecule has 3 aromatic carbocycles. The van der Waals surface area contributed by atoms with Crippen LogP contribution in [0.25, 0.3) is 11.1 Å². The zero-order valence-corrected chi connectivity index (χ0v) is 21.0. The molecule has 1 saturated heterocycles. The third-order valence-electron chi connectivity index (χ3n) is 6.89. The van der Waals surface area contributed by atoms with Gasteiger partial charge in [-0.3, -0.25) is 9.69 Å². The molecule has 0 bridgehead atoms. The number of nitrogens with one attached hydrogen (secondary N) is 1. The summed E-state index contributed by atoms with van der Waals surface area (Å²) in [6.07, 6.45) is 3.54. The number of likely N-dealkylation sites (tertiary alicyclic amines) is 1. The SMILES string of the molecule is CS(=O)(=O)c1ccc(C(=O)N2CCCC(NC(=O)N3CCc4cc(-c5ccccc5)ccc43)C2)cc1. The smallest absolute Gasteiger partial charge is 0.322 e. The van der Waals surface area contributed by atoms with Crippen LogP contribution in [0.5, 0.6) is 0 Å². The molecule has 2 aliphatic heterocycles. The van der Waals surface area contributed by atoms with Crippen molar-refractivity contribution in [2.75, 3.05) is 30.8 Å². The Bertz CT molecular complexity index is 1390. The molecule has 2 heterocycles. The average Bonchev–Trinajstić information content (AvgIpc) is 3.32. The first kappa shape index (κ1) is 24.1. The molecule has 1 N–H and O–H groups in total. The fraction of sp³-hybridized carbons (Fsp3) is 0.286. The van der Waals surface area contributed by atoms with Crippen LogP contribution in [0.4, 0.5) is 10.5 Å². The van der Waals surface area contributed by atoms with Crippen molar-refractivity contribution < 1.29 is 18.0 Å². The minimum absolute atomic E-state index is 0.141. The van der Waals surface area contributed by atoms with Crippen molar-refractivity contribution in [1.82, 2.24) is 10.2 Å². The van der Waals surface area contributed by atoms with Gasteiger partial charge in [-0.25, -0.2) is 13.2 Å². The highest BCUT2D eigenvalue weighted by molar-refractivity contribution is 7.90. The average molecular weight is 504 g/mol. The lowest BCUT2D eigenvalue weighted by Gasteiger charge is -2.34. The number of anilines is 1. The van der Waals surface area contributed by atoms with Crippen LogP contribution in [0, 0.1) is 0 Å². The fourth-order valence-corrected chi connectivity index (χ4v) is 5.61. The minimum atomic E-state index is -3.32. The quantitative estimate of drug-likeness (QED) is 0.580. The first-order chi connectivity index (χ1) is 17.3. The molecular weight excluding hydrogens is 474 g/mol. The number of piperidine rings is 1. The van der Waals surface area contributed by atoms with E-state index in [1.54, 1.807) is 21.9 Å². The second kappa shape index (κ2) is 9.78. The molecule has 2 aliphatic rings. The maximum absolute atomic E-state index is 13.2. The van der Waals surface area contributed by atoms with Gasteiger partial charge in [0.2, 0.25) is 0 Å². The van der Waals surface area contributed by atoms with E-state index in [-0.39, 0.29) is 22.9 Å². The summed E-state index contributed by atoms with van der Waals surface area (Å²) >= 11 is 0. The summed E-state index contributed by atoms with van der Waals surface area (Å²) in [7, 11) is -3.32. The maximum Gasteiger partial charge on any atom is 0.322 e.